The molecule has 19 heavy (non-hydrogen) atoms. The average molecular weight is 252 g/mol. The molecule has 0 aliphatic carbocycles. The maximum atomic E-state index is 4.65. The van der Waals surface area contributed by atoms with Crippen LogP contribution >= 0.6 is 0 Å². The van der Waals surface area contributed by atoms with Gasteiger partial charge in [0.25, 0.3) is 0 Å². The van der Waals surface area contributed by atoms with E-state index < -0.39 is 0 Å². The first-order chi connectivity index (χ1) is 9.05. The third-order valence-electron chi connectivity index (χ3n) is 3.70. The van der Waals surface area contributed by atoms with Crippen molar-refractivity contribution in [3.63, 3.8) is 0 Å². The minimum absolute atomic E-state index is 0.151. The highest BCUT2D eigenvalue weighted by Gasteiger charge is 2.17. The lowest BCUT2D eigenvalue weighted by Gasteiger charge is -2.22. The number of benzene rings is 1. The molecule has 1 aliphatic rings. The summed E-state index contributed by atoms with van der Waals surface area (Å²) >= 11 is 0. The van der Waals surface area contributed by atoms with Crippen molar-refractivity contribution in [3.05, 3.63) is 48.2 Å². The summed E-state index contributed by atoms with van der Waals surface area (Å²) in [6, 6.07) is 8.74. The largest absolute Gasteiger partial charge is 0.349 e. The van der Waals surface area contributed by atoms with Crippen LogP contribution < -0.4 is 4.90 Å². The van der Waals surface area contributed by atoms with Crippen LogP contribution in [0.5, 0.6) is 0 Å². The number of anilines is 1. The maximum Gasteiger partial charge on any atom is 0.129 e. The van der Waals surface area contributed by atoms with Gasteiger partial charge in [-0.1, -0.05) is 51.1 Å². The van der Waals surface area contributed by atoms with E-state index in [1.807, 2.05) is 6.20 Å². The number of hydrogen-bond donors (Lipinski definition) is 0. The quantitative estimate of drug-likeness (QED) is 0.715. The van der Waals surface area contributed by atoms with Crippen LogP contribution in [-0.4, -0.2) is 18.1 Å². The fourth-order valence-electron chi connectivity index (χ4n) is 2.65. The number of fused-ring (bicyclic) bond motifs is 1. The molecule has 0 spiro atoms. The molecule has 2 heterocycles. The summed E-state index contributed by atoms with van der Waals surface area (Å²) in [5, 5.41) is 2.55. The van der Waals surface area contributed by atoms with Gasteiger partial charge in [0.15, 0.2) is 0 Å². The van der Waals surface area contributed by atoms with Crippen molar-refractivity contribution in [1.82, 2.24) is 4.98 Å². The summed E-state index contributed by atoms with van der Waals surface area (Å²) in [6.07, 6.45) is 6.42. The molecule has 0 amide bonds. The van der Waals surface area contributed by atoms with Crippen molar-refractivity contribution in [3.8, 4) is 0 Å². The second-order valence-electron chi connectivity index (χ2n) is 6.20. The predicted octanol–water partition coefficient (Wildman–Crippen LogP) is 3.91. The van der Waals surface area contributed by atoms with Crippen LogP contribution in [0.3, 0.4) is 0 Å². The summed E-state index contributed by atoms with van der Waals surface area (Å²) in [5.74, 6) is 1.07. The Morgan fingerprint density at radius 1 is 1.11 bits per heavy atom. The van der Waals surface area contributed by atoms with Crippen molar-refractivity contribution in [2.24, 2.45) is 0 Å². The van der Waals surface area contributed by atoms with Crippen LogP contribution in [0.1, 0.15) is 26.3 Å². The molecule has 0 fully saturated rings. The van der Waals surface area contributed by atoms with E-state index in [-0.39, 0.29) is 5.41 Å². The minimum Gasteiger partial charge on any atom is -0.349 e. The summed E-state index contributed by atoms with van der Waals surface area (Å²) < 4.78 is 0. The van der Waals surface area contributed by atoms with Gasteiger partial charge in [0.05, 0.1) is 0 Å². The Hall–Kier alpha value is -1.83. The van der Waals surface area contributed by atoms with E-state index in [2.05, 4.69) is 67.1 Å². The van der Waals surface area contributed by atoms with Crippen molar-refractivity contribution in [1.29, 1.82) is 0 Å². The third-order valence-corrected chi connectivity index (χ3v) is 3.70. The lowest BCUT2D eigenvalue weighted by molar-refractivity contribution is 0.596. The molecule has 0 saturated heterocycles. The first-order valence-corrected chi connectivity index (χ1v) is 6.85. The highest BCUT2D eigenvalue weighted by Crippen LogP contribution is 2.31. The Morgan fingerprint density at radius 2 is 1.84 bits per heavy atom. The Labute approximate surface area is 114 Å². The molecule has 98 valence electrons. The Kier molecular flexibility index (Phi) is 2.81. The minimum atomic E-state index is 0.151. The standard InChI is InChI=1S/C17H20N2/c1-17(2,3)15-8-6-7-13-11-16(18-12-14(13)15)19-9-4-5-10-19/h4-8,11-12H,9-10H2,1-3H3. The first-order valence-electron chi connectivity index (χ1n) is 6.85. The van der Waals surface area contributed by atoms with Gasteiger partial charge in [-0.25, -0.2) is 4.98 Å². The van der Waals surface area contributed by atoms with Crippen LogP contribution in [-0.2, 0) is 5.41 Å². The molecule has 1 aliphatic heterocycles. The highest BCUT2D eigenvalue weighted by atomic mass is 15.2. The molecular formula is C17H20N2. The van der Waals surface area contributed by atoms with Gasteiger partial charge < -0.3 is 4.90 Å². The first kappa shape index (κ1) is 12.2. The summed E-state index contributed by atoms with van der Waals surface area (Å²) in [4.78, 5) is 6.93. The summed E-state index contributed by atoms with van der Waals surface area (Å²) in [7, 11) is 0. The van der Waals surface area contributed by atoms with Crippen molar-refractivity contribution in [2.45, 2.75) is 26.2 Å². The van der Waals surface area contributed by atoms with Crippen molar-refractivity contribution in [2.75, 3.05) is 18.0 Å². The van der Waals surface area contributed by atoms with Gasteiger partial charge in [-0.15, -0.1) is 0 Å². The molecule has 0 unspecified atom stereocenters. The fourth-order valence-corrected chi connectivity index (χ4v) is 2.65. The Morgan fingerprint density at radius 3 is 2.53 bits per heavy atom. The van der Waals surface area contributed by atoms with E-state index in [1.165, 1.54) is 16.3 Å². The molecule has 0 atom stereocenters. The molecular weight excluding hydrogens is 232 g/mol. The van der Waals surface area contributed by atoms with E-state index >= 15 is 0 Å². The van der Waals surface area contributed by atoms with Crippen LogP contribution in [0.15, 0.2) is 42.6 Å². The summed E-state index contributed by atoms with van der Waals surface area (Å²) in [6.45, 7) is 8.69. The maximum absolute atomic E-state index is 4.65. The molecule has 0 bridgehead atoms. The lowest BCUT2D eigenvalue weighted by atomic mass is 9.84. The molecule has 0 N–H and O–H groups in total. The van der Waals surface area contributed by atoms with Gasteiger partial charge in [-0.2, -0.15) is 0 Å². The molecule has 1 aromatic heterocycles. The number of nitrogens with zero attached hydrogens (tertiary/aromatic N) is 2. The predicted molar refractivity (Wildman–Crippen MR) is 81.8 cm³/mol. The molecule has 0 saturated carbocycles. The van der Waals surface area contributed by atoms with E-state index in [0.29, 0.717) is 0 Å². The highest BCUT2D eigenvalue weighted by molar-refractivity contribution is 5.88. The fraction of sp³-hybridized carbons (Fsp3) is 0.353. The van der Waals surface area contributed by atoms with E-state index in [1.54, 1.807) is 0 Å². The summed E-state index contributed by atoms with van der Waals surface area (Å²) in [5.41, 5.74) is 1.52. The second-order valence-corrected chi connectivity index (χ2v) is 6.20. The zero-order valence-electron chi connectivity index (χ0n) is 11.9. The number of pyridine rings is 1. The zero-order valence-corrected chi connectivity index (χ0v) is 11.9. The molecule has 2 aromatic rings. The van der Waals surface area contributed by atoms with Gasteiger partial charge in [0, 0.05) is 24.7 Å². The molecule has 0 radical (unpaired) electrons. The number of aromatic nitrogens is 1. The van der Waals surface area contributed by atoms with Gasteiger partial charge in [-0.3, -0.25) is 0 Å². The van der Waals surface area contributed by atoms with Crippen molar-refractivity contribution >= 4 is 16.6 Å². The van der Waals surface area contributed by atoms with E-state index in [4.69, 9.17) is 0 Å². The SMILES string of the molecule is CC(C)(C)c1cccc2cc(N3CC=CC3)ncc12. The van der Waals surface area contributed by atoms with Gasteiger partial charge in [0.1, 0.15) is 5.82 Å². The normalized spacial score (nSPS) is 15.4. The average Bonchev–Trinajstić information content (AvgIpc) is 2.90. The second kappa shape index (κ2) is 4.37. The number of hydrogen-bond acceptors (Lipinski definition) is 2. The van der Waals surface area contributed by atoms with Crippen LogP contribution in [0, 0.1) is 0 Å². The van der Waals surface area contributed by atoms with Crippen LogP contribution in [0.4, 0.5) is 5.82 Å². The zero-order chi connectivity index (χ0) is 13.5. The third kappa shape index (κ3) is 2.23. The molecule has 3 rings (SSSR count). The van der Waals surface area contributed by atoms with Crippen LogP contribution in [0.2, 0.25) is 0 Å². The van der Waals surface area contributed by atoms with E-state index in [9.17, 15) is 0 Å². The van der Waals surface area contributed by atoms with E-state index in [0.717, 1.165) is 18.9 Å². The number of rotatable bonds is 1. The van der Waals surface area contributed by atoms with Gasteiger partial charge in [-0.05, 0) is 22.4 Å². The topological polar surface area (TPSA) is 16.1 Å². The van der Waals surface area contributed by atoms with Gasteiger partial charge >= 0.3 is 0 Å². The monoisotopic (exact) mass is 252 g/mol. The Balaban J connectivity index is 2.10. The molecule has 1 aromatic carbocycles. The smallest absolute Gasteiger partial charge is 0.129 e. The van der Waals surface area contributed by atoms with Crippen molar-refractivity contribution < 1.29 is 0 Å². The molecule has 2 heteroatoms. The lowest BCUT2D eigenvalue weighted by Crippen LogP contribution is -2.19. The Bertz CT molecular complexity index is 627. The van der Waals surface area contributed by atoms with Crippen LogP contribution in [0.25, 0.3) is 10.8 Å². The van der Waals surface area contributed by atoms with Gasteiger partial charge in [0.2, 0.25) is 0 Å². The molecule has 2 nitrogen and oxygen atoms in total.